The van der Waals surface area contributed by atoms with Crippen LogP contribution in [0.3, 0.4) is 0 Å². The van der Waals surface area contributed by atoms with E-state index in [1.807, 2.05) is 12.1 Å². The van der Waals surface area contributed by atoms with Crippen LogP contribution in [0.1, 0.15) is 24.8 Å². The summed E-state index contributed by atoms with van der Waals surface area (Å²) in [5.74, 6) is 1.32. The Morgan fingerprint density at radius 2 is 2.18 bits per heavy atom. The van der Waals surface area contributed by atoms with E-state index in [2.05, 4.69) is 0 Å². The summed E-state index contributed by atoms with van der Waals surface area (Å²) in [6.45, 7) is 0. The van der Waals surface area contributed by atoms with E-state index in [9.17, 15) is 9.90 Å². The molecule has 1 saturated carbocycles. The first kappa shape index (κ1) is 12.3. The molecular weight excluding hydrogens is 236 g/mol. The van der Waals surface area contributed by atoms with Crippen molar-refractivity contribution in [2.45, 2.75) is 25.0 Å². The first-order valence-electron chi connectivity index (χ1n) is 5.67. The molecule has 1 aliphatic rings. The molecule has 3 nitrogen and oxygen atoms in total. The molecule has 0 bridgehead atoms. The fourth-order valence-electron chi connectivity index (χ4n) is 1.90. The summed E-state index contributed by atoms with van der Waals surface area (Å²) in [4.78, 5) is 10.7. The van der Waals surface area contributed by atoms with Crippen LogP contribution >= 0.6 is 11.8 Å². The zero-order valence-electron chi connectivity index (χ0n) is 9.56. The number of benzene rings is 1. The predicted molar refractivity (Wildman–Crippen MR) is 68.2 cm³/mol. The zero-order chi connectivity index (χ0) is 12.3. The van der Waals surface area contributed by atoms with Crippen LogP contribution in [-0.4, -0.2) is 21.9 Å². The van der Waals surface area contributed by atoms with Gasteiger partial charge in [-0.2, -0.15) is 11.8 Å². The Bertz CT molecular complexity index is 413. The second-order valence-corrected chi connectivity index (χ2v) is 5.72. The summed E-state index contributed by atoms with van der Waals surface area (Å²) in [5.41, 5.74) is 1.13. The summed E-state index contributed by atoms with van der Waals surface area (Å²) in [6.07, 6.45) is 2.36. The fourth-order valence-corrected chi connectivity index (χ4v) is 3.24. The molecule has 1 fully saturated rings. The van der Waals surface area contributed by atoms with Gasteiger partial charge in [0, 0.05) is 5.75 Å². The first-order valence-corrected chi connectivity index (χ1v) is 6.83. The van der Waals surface area contributed by atoms with E-state index in [1.165, 1.54) is 0 Å². The van der Waals surface area contributed by atoms with Gasteiger partial charge in [-0.05, 0) is 41.7 Å². The topological polar surface area (TPSA) is 57.5 Å². The molecule has 1 aliphatic carbocycles. The highest BCUT2D eigenvalue weighted by Crippen LogP contribution is 2.51. The van der Waals surface area contributed by atoms with Gasteiger partial charge in [-0.3, -0.25) is 4.79 Å². The molecule has 0 spiro atoms. The second-order valence-electron chi connectivity index (χ2n) is 4.73. The lowest BCUT2D eigenvalue weighted by atomic mass is 10.1. The van der Waals surface area contributed by atoms with Crippen LogP contribution in [0.15, 0.2) is 24.3 Å². The molecule has 0 saturated heterocycles. The van der Waals surface area contributed by atoms with Crippen molar-refractivity contribution in [2.75, 3.05) is 5.75 Å². The SMILES string of the molecule is O=C(O)CC1(CSCc2cccc(O)c2)CC1. The third-order valence-electron chi connectivity index (χ3n) is 3.07. The highest BCUT2D eigenvalue weighted by atomic mass is 32.2. The molecule has 92 valence electrons. The average molecular weight is 252 g/mol. The Labute approximate surface area is 105 Å². The number of carboxylic acids is 1. The van der Waals surface area contributed by atoms with Gasteiger partial charge in [0.2, 0.25) is 0 Å². The van der Waals surface area contributed by atoms with E-state index in [0.717, 1.165) is 29.9 Å². The maximum absolute atomic E-state index is 10.7. The van der Waals surface area contributed by atoms with E-state index >= 15 is 0 Å². The molecule has 0 heterocycles. The Morgan fingerprint density at radius 3 is 2.76 bits per heavy atom. The molecule has 4 heteroatoms. The Morgan fingerprint density at radius 1 is 1.41 bits per heavy atom. The van der Waals surface area contributed by atoms with E-state index in [0.29, 0.717) is 6.42 Å². The number of hydrogen-bond acceptors (Lipinski definition) is 3. The van der Waals surface area contributed by atoms with E-state index in [4.69, 9.17) is 5.11 Å². The highest BCUT2D eigenvalue weighted by Gasteiger charge is 2.43. The largest absolute Gasteiger partial charge is 0.508 e. The maximum Gasteiger partial charge on any atom is 0.303 e. The lowest BCUT2D eigenvalue weighted by Gasteiger charge is -2.11. The minimum absolute atomic E-state index is 0.0489. The molecule has 2 rings (SSSR count). The second kappa shape index (κ2) is 5.00. The van der Waals surface area contributed by atoms with Gasteiger partial charge >= 0.3 is 5.97 Å². The molecular formula is C13H16O3S. The van der Waals surface area contributed by atoms with Crippen molar-refractivity contribution in [3.63, 3.8) is 0 Å². The number of phenolic OH excluding ortho intramolecular Hbond substituents is 1. The van der Waals surface area contributed by atoms with Crippen LogP contribution < -0.4 is 0 Å². The Hall–Kier alpha value is -1.16. The molecule has 0 aromatic heterocycles. The van der Waals surface area contributed by atoms with Gasteiger partial charge in [0.1, 0.15) is 5.75 Å². The van der Waals surface area contributed by atoms with Crippen LogP contribution in [0, 0.1) is 5.41 Å². The van der Waals surface area contributed by atoms with Gasteiger partial charge in [0.05, 0.1) is 6.42 Å². The number of aliphatic carboxylic acids is 1. The number of thioether (sulfide) groups is 1. The summed E-state index contributed by atoms with van der Waals surface area (Å²) in [5, 5.41) is 18.1. The smallest absolute Gasteiger partial charge is 0.303 e. The monoisotopic (exact) mass is 252 g/mol. The zero-order valence-corrected chi connectivity index (χ0v) is 10.4. The van der Waals surface area contributed by atoms with Gasteiger partial charge in [-0.15, -0.1) is 0 Å². The lowest BCUT2D eigenvalue weighted by Crippen LogP contribution is -2.11. The molecule has 2 N–H and O–H groups in total. The minimum Gasteiger partial charge on any atom is -0.508 e. The van der Waals surface area contributed by atoms with Crippen molar-refractivity contribution in [3.05, 3.63) is 29.8 Å². The highest BCUT2D eigenvalue weighted by molar-refractivity contribution is 7.98. The van der Waals surface area contributed by atoms with Crippen molar-refractivity contribution < 1.29 is 15.0 Å². The fraction of sp³-hybridized carbons (Fsp3) is 0.462. The molecule has 0 unspecified atom stereocenters. The van der Waals surface area contributed by atoms with Gasteiger partial charge in [-0.25, -0.2) is 0 Å². The normalized spacial score (nSPS) is 16.7. The number of aromatic hydroxyl groups is 1. The number of carbonyl (C=O) groups is 1. The molecule has 0 aliphatic heterocycles. The summed E-state index contributed by atoms with van der Waals surface area (Å²) < 4.78 is 0. The molecule has 0 radical (unpaired) electrons. The average Bonchev–Trinajstić information content (AvgIpc) is 2.97. The third kappa shape index (κ3) is 3.66. The number of rotatable bonds is 6. The van der Waals surface area contributed by atoms with Crippen molar-refractivity contribution in [1.29, 1.82) is 0 Å². The molecule has 1 aromatic carbocycles. The summed E-state index contributed by atoms with van der Waals surface area (Å²) in [6, 6.07) is 7.21. The van der Waals surface area contributed by atoms with Gasteiger partial charge in [-0.1, -0.05) is 12.1 Å². The van der Waals surface area contributed by atoms with Crippen LogP contribution in [0.25, 0.3) is 0 Å². The number of phenols is 1. The van der Waals surface area contributed by atoms with E-state index in [-0.39, 0.29) is 11.2 Å². The van der Waals surface area contributed by atoms with Crippen molar-refractivity contribution >= 4 is 17.7 Å². The van der Waals surface area contributed by atoms with Gasteiger partial charge < -0.3 is 10.2 Å². The summed E-state index contributed by atoms with van der Waals surface area (Å²) in [7, 11) is 0. The number of carboxylic acid groups (broad SMARTS) is 1. The van der Waals surface area contributed by atoms with E-state index in [1.54, 1.807) is 23.9 Å². The van der Waals surface area contributed by atoms with Crippen molar-refractivity contribution in [2.24, 2.45) is 5.41 Å². The predicted octanol–water partition coefficient (Wildman–Crippen LogP) is 2.88. The van der Waals surface area contributed by atoms with Crippen LogP contribution in [0.4, 0.5) is 0 Å². The standard InChI is InChI=1S/C13H16O3S/c14-11-3-1-2-10(6-11)8-17-9-13(4-5-13)7-12(15)16/h1-3,6,14H,4-5,7-9H2,(H,15,16). The third-order valence-corrected chi connectivity index (χ3v) is 4.42. The molecule has 17 heavy (non-hydrogen) atoms. The summed E-state index contributed by atoms with van der Waals surface area (Å²) >= 11 is 1.75. The van der Waals surface area contributed by atoms with Crippen LogP contribution in [0.2, 0.25) is 0 Å². The Balaban J connectivity index is 1.78. The van der Waals surface area contributed by atoms with E-state index < -0.39 is 5.97 Å². The number of hydrogen-bond donors (Lipinski definition) is 2. The molecule has 0 amide bonds. The van der Waals surface area contributed by atoms with Crippen LogP contribution in [-0.2, 0) is 10.5 Å². The lowest BCUT2D eigenvalue weighted by molar-refractivity contribution is -0.138. The van der Waals surface area contributed by atoms with Crippen molar-refractivity contribution in [3.8, 4) is 5.75 Å². The quantitative estimate of drug-likeness (QED) is 0.817. The first-order chi connectivity index (χ1) is 8.10. The van der Waals surface area contributed by atoms with Crippen molar-refractivity contribution in [1.82, 2.24) is 0 Å². The maximum atomic E-state index is 10.7. The van der Waals surface area contributed by atoms with Gasteiger partial charge in [0.25, 0.3) is 0 Å². The molecule has 1 aromatic rings. The van der Waals surface area contributed by atoms with Crippen LogP contribution in [0.5, 0.6) is 5.75 Å². The Kier molecular flexibility index (Phi) is 3.62. The molecule has 0 atom stereocenters. The minimum atomic E-state index is -0.694. The van der Waals surface area contributed by atoms with Gasteiger partial charge in [0.15, 0.2) is 0 Å².